The van der Waals surface area contributed by atoms with Gasteiger partial charge in [-0.05, 0) is 83.6 Å². The van der Waals surface area contributed by atoms with Gasteiger partial charge in [0, 0.05) is 52.7 Å². The number of carboxylic acids is 2. The van der Waals surface area contributed by atoms with E-state index >= 15 is 0 Å². The number of ether oxygens (including phenoxy) is 4. The molecule has 6 aliphatic rings. The molecule has 8 amide bonds. The van der Waals surface area contributed by atoms with Gasteiger partial charge in [-0.3, -0.25) is 47.9 Å². The summed E-state index contributed by atoms with van der Waals surface area (Å²) in [5.41, 5.74) is 1.26. The number of phenolic OH excluding ortho intramolecular Hbond substituents is 4. The zero-order valence-corrected chi connectivity index (χ0v) is 50.7. The largest absolute Gasteiger partial charge is 0.508 e. The minimum Gasteiger partial charge on any atom is -0.508 e. The normalized spacial score (nSPS) is 28.9. The monoisotopic (exact) mass is 1320 g/mol. The van der Waals surface area contributed by atoms with E-state index in [0.29, 0.717) is 22.3 Å². The van der Waals surface area contributed by atoms with Gasteiger partial charge < -0.3 is 113 Å². The van der Waals surface area contributed by atoms with Crippen LogP contribution in [-0.2, 0) is 92.6 Å². The van der Waals surface area contributed by atoms with E-state index in [0.717, 1.165) is 14.2 Å². The summed E-state index contributed by atoms with van der Waals surface area (Å²) in [4.78, 5) is 140. The van der Waals surface area contributed by atoms with Gasteiger partial charge >= 0.3 is 11.9 Å². The Morgan fingerprint density at radius 1 is 0.383 bits per heavy atom. The Kier molecular flexibility index (Phi) is 25.5. The Morgan fingerprint density at radius 3 is 0.894 bits per heavy atom. The van der Waals surface area contributed by atoms with Crippen LogP contribution in [0.5, 0.6) is 23.0 Å². The summed E-state index contributed by atoms with van der Waals surface area (Å²) < 4.78 is 22.9. The van der Waals surface area contributed by atoms with Gasteiger partial charge in [-0.2, -0.15) is 0 Å². The van der Waals surface area contributed by atoms with E-state index in [4.69, 9.17) is 18.9 Å². The van der Waals surface area contributed by atoms with E-state index in [9.17, 15) is 99.0 Å². The second-order valence-corrected chi connectivity index (χ2v) is 22.8. The molecule has 32 heteroatoms. The number of hydrogen-bond donors (Lipinski definition) is 18. The van der Waals surface area contributed by atoms with Crippen LogP contribution in [0.25, 0.3) is 0 Å². The van der Waals surface area contributed by atoms with Gasteiger partial charge in [0.1, 0.15) is 95.7 Å². The van der Waals surface area contributed by atoms with Gasteiger partial charge in [-0.1, -0.05) is 48.5 Å². The van der Waals surface area contributed by atoms with Crippen LogP contribution in [0.2, 0.25) is 0 Å². The molecule has 32 nitrogen and oxygen atoms in total. The minimum atomic E-state index is -2.04. The van der Waals surface area contributed by atoms with Crippen molar-refractivity contribution in [1.29, 1.82) is 0 Å². The lowest BCUT2D eigenvalue weighted by Crippen LogP contribution is -2.67. The molecular weight excluding hydrogens is 1240 g/mol. The first-order valence-corrected chi connectivity index (χ1v) is 29.7. The summed E-state index contributed by atoms with van der Waals surface area (Å²) in [6, 6.07) is 7.56. The quantitative estimate of drug-likeness (QED) is 0.0515. The van der Waals surface area contributed by atoms with E-state index in [2.05, 4.69) is 42.5 Å². The Labute approximate surface area is 536 Å². The number of hydrogen-bond acceptors (Lipinski definition) is 22. The van der Waals surface area contributed by atoms with E-state index in [1.54, 1.807) is 0 Å². The summed E-state index contributed by atoms with van der Waals surface area (Å²) in [5, 5.41) is 126. The average Bonchev–Trinajstić information content (AvgIpc) is 0.816. The second-order valence-electron chi connectivity index (χ2n) is 22.8. The molecule has 0 aliphatic carbocycles. The molecule has 4 bridgehead atoms. The Bertz CT molecular complexity index is 3090. The van der Waals surface area contributed by atoms with E-state index in [1.807, 2.05) is 0 Å². The highest BCUT2D eigenvalue weighted by molar-refractivity contribution is 5.96. The van der Waals surface area contributed by atoms with E-state index in [1.165, 1.54) is 97.1 Å². The fourth-order valence-electron chi connectivity index (χ4n) is 10.8. The number of aliphatic carboxylic acids is 2. The average molecular weight is 1320 g/mol. The van der Waals surface area contributed by atoms with Gasteiger partial charge in [0.05, 0.1) is 25.0 Å². The van der Waals surface area contributed by atoms with Crippen molar-refractivity contribution in [3.05, 3.63) is 119 Å². The maximum absolute atomic E-state index is 14.6. The number of carbonyl (C=O) groups is 10. The number of aliphatic hydroxyl groups is 4. The fraction of sp³-hybridized carbons (Fsp3) is 0.452. The Morgan fingerprint density at radius 2 is 0.628 bits per heavy atom. The molecule has 10 rings (SSSR count). The lowest BCUT2D eigenvalue weighted by Gasteiger charge is -2.42. The van der Waals surface area contributed by atoms with Gasteiger partial charge in [-0.15, -0.1) is 0 Å². The molecule has 4 aromatic carbocycles. The van der Waals surface area contributed by atoms with Crippen LogP contribution in [0.15, 0.2) is 97.1 Å². The highest BCUT2D eigenvalue weighted by atomic mass is 16.7. The van der Waals surface area contributed by atoms with Crippen LogP contribution in [-0.4, -0.2) is 222 Å². The summed E-state index contributed by atoms with van der Waals surface area (Å²) in [6.07, 6.45) is -20.9. The molecule has 4 aromatic rings. The molecule has 0 spiro atoms. The lowest BCUT2D eigenvalue weighted by atomic mass is 9.93. The number of carbonyl (C=O) groups excluding carboxylic acids is 8. The number of benzene rings is 4. The summed E-state index contributed by atoms with van der Waals surface area (Å²) in [6.45, 7) is 0. The van der Waals surface area contributed by atoms with E-state index in [-0.39, 0.29) is 35.8 Å². The first kappa shape index (κ1) is 71.9. The molecule has 6 saturated heterocycles. The first-order chi connectivity index (χ1) is 44.7. The maximum atomic E-state index is 14.6. The standard InChI is InChI=1S/C62H76N8O24/c1-91-61-49-53(83)51(81)43(93-61)27-45(75)63-39(23-29-3-11-33(71)12-4-29)57(87)66-38(20-22-48(79)80)56(86)68-42(26-32-9-17-36(74)18-10-32)60(90)70-50-54(84)52(82)44(94-62(50)92-2)28-46(76)64-40(24-30-5-13-34(72)14-6-30)58(88)65-37(19-21-47(77)78)55(85)67-41(59(89)69-49)25-31-7-15-35(73)16-8-31/h3-18,37-44,49-54,61-62,71-74,81-84H,19-28H2,1-2H3,(H,63,75)(H,64,76)(H,65,88)(H,66,87)(H,67,85)(H,68,86)(H,69,89)(H,70,90)(H,77,78)(H,79,80)/t37-,38-,39-,40-,41-,42-,43+,44+,49+,50+,51+,52+,53+,54+,61+,62+/m0/s1. The number of amides is 8. The molecule has 16 atom stereocenters. The highest BCUT2D eigenvalue weighted by Crippen LogP contribution is 2.27. The predicted octanol–water partition coefficient (Wildman–Crippen LogP) is -3.63. The van der Waals surface area contributed by atoms with E-state index < -0.39 is 208 Å². The number of aromatic hydroxyl groups is 4. The van der Waals surface area contributed by atoms with Crippen LogP contribution in [0.3, 0.4) is 0 Å². The molecule has 0 unspecified atom stereocenters. The number of nitrogens with one attached hydrogen (secondary N) is 8. The van der Waals surface area contributed by atoms with Gasteiger partial charge in [0.2, 0.25) is 47.3 Å². The number of phenols is 4. The number of carboxylic acid groups (broad SMARTS) is 2. The smallest absolute Gasteiger partial charge is 0.303 e. The van der Waals surface area contributed by atoms with Crippen molar-refractivity contribution >= 4 is 59.2 Å². The molecule has 0 aromatic heterocycles. The van der Waals surface area contributed by atoms with Crippen molar-refractivity contribution < 1.29 is 118 Å². The third-order valence-corrected chi connectivity index (χ3v) is 15.9. The first-order valence-electron chi connectivity index (χ1n) is 29.7. The molecular formula is C62H76N8O24. The molecule has 6 heterocycles. The van der Waals surface area contributed by atoms with Gasteiger partial charge in [0.25, 0.3) is 0 Å². The molecule has 0 radical (unpaired) electrons. The van der Waals surface area contributed by atoms with Gasteiger partial charge in [0.15, 0.2) is 12.6 Å². The molecule has 6 aliphatic heterocycles. The van der Waals surface area contributed by atoms with Crippen molar-refractivity contribution in [2.75, 3.05) is 14.2 Å². The lowest BCUT2D eigenvalue weighted by molar-refractivity contribution is -0.257. The number of rotatable bonds is 16. The predicted molar refractivity (Wildman–Crippen MR) is 321 cm³/mol. The van der Waals surface area contributed by atoms with Crippen molar-refractivity contribution in [3.63, 3.8) is 0 Å². The fourth-order valence-corrected chi connectivity index (χ4v) is 10.8. The van der Waals surface area contributed by atoms with Crippen molar-refractivity contribution in [2.45, 2.75) is 162 Å². The van der Waals surface area contributed by atoms with Crippen LogP contribution in [0, 0.1) is 0 Å². The number of methoxy groups -OCH3 is 2. The summed E-state index contributed by atoms with van der Waals surface area (Å²) >= 11 is 0. The minimum absolute atomic E-state index is 0.176. The maximum Gasteiger partial charge on any atom is 0.303 e. The third kappa shape index (κ3) is 20.2. The van der Waals surface area contributed by atoms with Crippen molar-refractivity contribution in [2.24, 2.45) is 0 Å². The van der Waals surface area contributed by atoms with Gasteiger partial charge in [-0.25, -0.2) is 0 Å². The molecule has 18 N–H and O–H groups in total. The Hall–Kier alpha value is -9.54. The van der Waals surface area contributed by atoms with Crippen LogP contribution in [0.4, 0.5) is 0 Å². The van der Waals surface area contributed by atoms with Crippen LogP contribution in [0.1, 0.15) is 60.8 Å². The SMILES string of the molecule is CO[C@@H]1O[C@@H]2CC(=O)N[C@@H](Cc3ccc(O)cc3)C(=O)N[C@@H](CCC(=O)O)C(=O)N[C@@H](Cc3ccc(O)cc3)C(=O)N[C@H]3[C@H](OC)O[C@H](CC(=O)N[C@@H](Cc4ccc(O)cc4)C(=O)N[C@@H](CCC(=O)O)C(=O)N[C@@H](Cc4ccc(O)cc4)C(=O)N[C@@H]1[C@@H](O)[C@@H]2O)[C@@H](O)[C@@H]3O. The third-order valence-electron chi connectivity index (χ3n) is 15.9. The van der Waals surface area contributed by atoms with Crippen molar-refractivity contribution in [1.82, 2.24) is 42.5 Å². The van der Waals surface area contributed by atoms with Crippen LogP contribution >= 0.6 is 0 Å². The molecule has 6 fully saturated rings. The van der Waals surface area contributed by atoms with Crippen LogP contribution < -0.4 is 42.5 Å². The number of aliphatic hydroxyl groups excluding tert-OH is 4. The highest BCUT2D eigenvalue weighted by Gasteiger charge is 2.49. The van der Waals surface area contributed by atoms with Crippen molar-refractivity contribution in [3.8, 4) is 23.0 Å². The zero-order chi connectivity index (χ0) is 68.5. The summed E-state index contributed by atoms with van der Waals surface area (Å²) in [5.74, 6) is -12.4. The second kappa shape index (κ2) is 33.3. The zero-order valence-electron chi connectivity index (χ0n) is 50.7. The molecule has 94 heavy (non-hydrogen) atoms. The summed E-state index contributed by atoms with van der Waals surface area (Å²) in [7, 11) is 2.17. The Balaban J connectivity index is 1.27. The molecule has 0 saturated carbocycles. The molecule has 508 valence electrons. The topological polar surface area (TPSA) is 506 Å².